The molecule has 0 atom stereocenters. The highest BCUT2D eigenvalue weighted by molar-refractivity contribution is 6.36. The minimum Gasteiger partial charge on any atom is -0.469 e. The largest absolute Gasteiger partial charge is 0.469 e. The number of amides is 2. The molecule has 0 aromatic heterocycles. The zero-order valence-corrected chi connectivity index (χ0v) is 16.9. The highest BCUT2D eigenvalue weighted by Crippen LogP contribution is 2.51. The van der Waals surface area contributed by atoms with Crippen LogP contribution in [0, 0.1) is 0 Å². The van der Waals surface area contributed by atoms with Crippen LogP contribution in [0.2, 0.25) is 10.0 Å². The summed E-state index contributed by atoms with van der Waals surface area (Å²) in [6.45, 7) is 3.19. The third kappa shape index (κ3) is 3.78. The average molecular weight is 413 g/mol. The van der Waals surface area contributed by atoms with E-state index in [1.165, 1.54) is 14.0 Å². The summed E-state index contributed by atoms with van der Waals surface area (Å²) >= 11 is 12.7. The minimum absolute atomic E-state index is 0.0527. The Balaban J connectivity index is 1.77. The van der Waals surface area contributed by atoms with E-state index in [1.807, 2.05) is 0 Å². The quantitative estimate of drug-likeness (QED) is 0.714. The zero-order chi connectivity index (χ0) is 19.8. The normalized spacial score (nSPS) is 17.8. The van der Waals surface area contributed by atoms with E-state index in [-0.39, 0.29) is 36.0 Å². The van der Waals surface area contributed by atoms with Crippen molar-refractivity contribution in [3.8, 4) is 0 Å². The first kappa shape index (κ1) is 20.0. The van der Waals surface area contributed by atoms with Gasteiger partial charge in [-0.05, 0) is 25.0 Å². The molecular weight excluding hydrogens is 391 g/mol. The van der Waals surface area contributed by atoms with Crippen LogP contribution in [0.1, 0.15) is 38.2 Å². The topological polar surface area (TPSA) is 66.9 Å². The number of ether oxygens (including phenoxy) is 1. The molecule has 0 N–H and O–H groups in total. The summed E-state index contributed by atoms with van der Waals surface area (Å²) in [6.07, 6.45) is 1.64. The molecule has 2 aliphatic heterocycles. The van der Waals surface area contributed by atoms with Crippen molar-refractivity contribution >= 4 is 46.7 Å². The number of anilines is 1. The first-order valence-corrected chi connectivity index (χ1v) is 9.65. The molecule has 0 radical (unpaired) electrons. The van der Waals surface area contributed by atoms with Gasteiger partial charge in [0.25, 0.3) is 0 Å². The van der Waals surface area contributed by atoms with Crippen molar-refractivity contribution in [2.24, 2.45) is 0 Å². The molecular formula is C19H22Cl2N2O4. The fraction of sp³-hybridized carbons (Fsp3) is 0.526. The molecule has 1 aromatic carbocycles. The van der Waals surface area contributed by atoms with Crippen LogP contribution in [0.5, 0.6) is 0 Å². The Bertz CT molecular complexity index is 788. The molecule has 1 fully saturated rings. The Kier molecular flexibility index (Phi) is 5.68. The van der Waals surface area contributed by atoms with Gasteiger partial charge in [-0.25, -0.2) is 0 Å². The van der Waals surface area contributed by atoms with Crippen molar-refractivity contribution in [3.63, 3.8) is 0 Å². The molecule has 2 aliphatic rings. The molecule has 2 amide bonds. The van der Waals surface area contributed by atoms with E-state index in [9.17, 15) is 14.4 Å². The second-order valence-corrected chi connectivity index (χ2v) is 7.97. The molecule has 6 nitrogen and oxygen atoms in total. The average Bonchev–Trinajstić information content (AvgIpc) is 2.94. The van der Waals surface area contributed by atoms with E-state index >= 15 is 0 Å². The van der Waals surface area contributed by atoms with Gasteiger partial charge in [-0.2, -0.15) is 0 Å². The van der Waals surface area contributed by atoms with Crippen LogP contribution in [0.3, 0.4) is 0 Å². The summed E-state index contributed by atoms with van der Waals surface area (Å²) in [4.78, 5) is 39.2. The van der Waals surface area contributed by atoms with E-state index in [0.29, 0.717) is 42.5 Å². The van der Waals surface area contributed by atoms with E-state index < -0.39 is 0 Å². The van der Waals surface area contributed by atoms with Crippen LogP contribution in [-0.4, -0.2) is 49.4 Å². The first-order chi connectivity index (χ1) is 12.8. The van der Waals surface area contributed by atoms with Gasteiger partial charge >= 0.3 is 5.97 Å². The molecule has 3 rings (SSSR count). The lowest BCUT2D eigenvalue weighted by Gasteiger charge is -2.40. The molecule has 0 bridgehead atoms. The standard InChI is InChI=1S/C19H22Cl2N2O4/c1-12(24)23-11-19(18-14(21)9-13(20)10-15(18)23)5-7-22(8-6-19)16(25)3-4-17(26)27-2/h9-10H,3-8,11H2,1-2H3. The maximum Gasteiger partial charge on any atom is 0.306 e. The minimum atomic E-state index is -0.387. The summed E-state index contributed by atoms with van der Waals surface area (Å²) in [6, 6.07) is 3.49. The van der Waals surface area contributed by atoms with Crippen LogP contribution in [0.15, 0.2) is 12.1 Å². The monoisotopic (exact) mass is 412 g/mol. The molecule has 0 aliphatic carbocycles. The Morgan fingerprint density at radius 2 is 1.81 bits per heavy atom. The van der Waals surface area contributed by atoms with Crippen molar-refractivity contribution in [1.82, 2.24) is 4.90 Å². The van der Waals surface area contributed by atoms with Gasteiger partial charge in [0.1, 0.15) is 0 Å². The molecule has 1 aromatic rings. The maximum absolute atomic E-state index is 12.4. The molecule has 0 saturated carbocycles. The molecule has 1 spiro atoms. The fourth-order valence-electron chi connectivity index (χ4n) is 4.11. The van der Waals surface area contributed by atoms with Crippen molar-refractivity contribution in [2.45, 2.75) is 38.0 Å². The van der Waals surface area contributed by atoms with Crippen LogP contribution in [0.25, 0.3) is 0 Å². The van der Waals surface area contributed by atoms with E-state index in [2.05, 4.69) is 4.74 Å². The first-order valence-electron chi connectivity index (χ1n) is 8.89. The fourth-order valence-corrected chi connectivity index (χ4v) is 4.79. The maximum atomic E-state index is 12.4. The summed E-state index contributed by atoms with van der Waals surface area (Å²) in [5, 5.41) is 1.06. The highest BCUT2D eigenvalue weighted by Gasteiger charge is 2.47. The number of likely N-dealkylation sites (tertiary alicyclic amines) is 1. The van der Waals surface area contributed by atoms with Crippen LogP contribution < -0.4 is 4.90 Å². The van der Waals surface area contributed by atoms with Crippen molar-refractivity contribution in [2.75, 3.05) is 31.6 Å². The van der Waals surface area contributed by atoms with Gasteiger partial charge in [0.05, 0.1) is 19.2 Å². The number of hydrogen-bond acceptors (Lipinski definition) is 4. The summed E-state index contributed by atoms with van der Waals surface area (Å²) in [5.74, 6) is -0.496. The Morgan fingerprint density at radius 3 is 2.41 bits per heavy atom. The van der Waals surface area contributed by atoms with Gasteiger partial charge < -0.3 is 14.5 Å². The Labute approximate surface area is 168 Å². The second kappa shape index (κ2) is 7.68. The predicted molar refractivity (Wildman–Crippen MR) is 103 cm³/mol. The van der Waals surface area contributed by atoms with Gasteiger partial charge in [-0.1, -0.05) is 23.2 Å². The third-order valence-corrected chi connectivity index (χ3v) is 6.06. The van der Waals surface area contributed by atoms with E-state index in [1.54, 1.807) is 21.9 Å². The number of halogens is 2. The number of rotatable bonds is 3. The van der Waals surface area contributed by atoms with Gasteiger partial charge in [-0.15, -0.1) is 0 Å². The molecule has 1 saturated heterocycles. The Hall–Kier alpha value is -1.79. The van der Waals surface area contributed by atoms with E-state index in [0.717, 1.165) is 11.3 Å². The summed E-state index contributed by atoms with van der Waals surface area (Å²) < 4.78 is 4.59. The smallest absolute Gasteiger partial charge is 0.306 e. The van der Waals surface area contributed by atoms with Crippen LogP contribution >= 0.6 is 23.2 Å². The van der Waals surface area contributed by atoms with Crippen molar-refractivity contribution in [1.29, 1.82) is 0 Å². The van der Waals surface area contributed by atoms with Crippen molar-refractivity contribution in [3.05, 3.63) is 27.7 Å². The number of benzene rings is 1. The van der Waals surface area contributed by atoms with Crippen LogP contribution in [0.4, 0.5) is 5.69 Å². The number of methoxy groups -OCH3 is 1. The number of esters is 1. The molecule has 0 unspecified atom stereocenters. The molecule has 146 valence electrons. The number of nitrogens with zero attached hydrogens (tertiary/aromatic N) is 2. The SMILES string of the molecule is COC(=O)CCC(=O)N1CCC2(CC1)CN(C(C)=O)c1cc(Cl)cc(Cl)c12. The summed E-state index contributed by atoms with van der Waals surface area (Å²) in [7, 11) is 1.31. The number of carbonyl (C=O) groups is 3. The lowest BCUT2D eigenvalue weighted by atomic mass is 9.74. The summed E-state index contributed by atoms with van der Waals surface area (Å²) in [5.41, 5.74) is 1.44. The molecule has 2 heterocycles. The van der Waals surface area contributed by atoms with Crippen molar-refractivity contribution < 1.29 is 19.1 Å². The number of hydrogen-bond donors (Lipinski definition) is 0. The lowest BCUT2D eigenvalue weighted by molar-refractivity contribution is -0.144. The molecule has 27 heavy (non-hydrogen) atoms. The molecule has 8 heteroatoms. The number of carbonyl (C=O) groups excluding carboxylic acids is 3. The van der Waals surface area contributed by atoms with Gasteiger partial charge in [0.2, 0.25) is 11.8 Å². The highest BCUT2D eigenvalue weighted by atomic mass is 35.5. The third-order valence-electron chi connectivity index (χ3n) is 5.54. The van der Waals surface area contributed by atoms with E-state index in [4.69, 9.17) is 23.2 Å². The predicted octanol–water partition coefficient (Wildman–Crippen LogP) is 3.17. The van der Waals surface area contributed by atoms with Gasteiger partial charge in [0.15, 0.2) is 0 Å². The zero-order valence-electron chi connectivity index (χ0n) is 15.4. The van der Waals surface area contributed by atoms with Gasteiger partial charge in [-0.3, -0.25) is 14.4 Å². The number of piperidine rings is 1. The number of fused-ring (bicyclic) bond motifs is 2. The lowest BCUT2D eigenvalue weighted by Crippen LogP contribution is -2.47. The van der Waals surface area contributed by atoms with Gasteiger partial charge in [0, 0.05) is 54.0 Å². The second-order valence-electron chi connectivity index (χ2n) is 7.12. The van der Waals surface area contributed by atoms with Crippen LogP contribution in [-0.2, 0) is 24.5 Å². The Morgan fingerprint density at radius 1 is 1.15 bits per heavy atom.